The van der Waals surface area contributed by atoms with E-state index >= 15 is 0 Å². The van der Waals surface area contributed by atoms with Crippen LogP contribution in [0, 0.1) is 5.82 Å². The Hall–Kier alpha value is -3.99. The molecule has 5 heteroatoms. The van der Waals surface area contributed by atoms with E-state index in [1.165, 1.54) is 18.2 Å². The first-order chi connectivity index (χ1) is 15.1. The summed E-state index contributed by atoms with van der Waals surface area (Å²) >= 11 is 0. The van der Waals surface area contributed by atoms with Gasteiger partial charge in [0.05, 0.1) is 17.4 Å². The van der Waals surface area contributed by atoms with Gasteiger partial charge >= 0.3 is 0 Å². The molecule has 0 aliphatic carbocycles. The van der Waals surface area contributed by atoms with Gasteiger partial charge < -0.3 is 5.32 Å². The normalized spacial score (nSPS) is 12.1. The van der Waals surface area contributed by atoms with Crippen LogP contribution in [0.3, 0.4) is 0 Å². The van der Waals surface area contributed by atoms with Crippen molar-refractivity contribution in [3.8, 4) is 16.9 Å². The third-order valence-electron chi connectivity index (χ3n) is 4.95. The van der Waals surface area contributed by atoms with Crippen molar-refractivity contribution in [2.75, 3.05) is 0 Å². The number of nitrogens with zero attached hydrogens (tertiary/aromatic N) is 2. The van der Waals surface area contributed by atoms with Crippen molar-refractivity contribution in [1.29, 1.82) is 0 Å². The van der Waals surface area contributed by atoms with E-state index < -0.39 is 0 Å². The second-order valence-corrected chi connectivity index (χ2v) is 7.19. The lowest BCUT2D eigenvalue weighted by Crippen LogP contribution is -2.24. The molecule has 0 aliphatic rings. The molecule has 0 saturated heterocycles. The van der Waals surface area contributed by atoms with Crippen molar-refractivity contribution in [1.82, 2.24) is 15.1 Å². The Morgan fingerprint density at radius 1 is 0.968 bits per heavy atom. The first-order valence-electron chi connectivity index (χ1n) is 10.0. The maximum atomic E-state index is 13.4. The van der Waals surface area contributed by atoms with E-state index in [-0.39, 0.29) is 17.8 Å². The highest BCUT2D eigenvalue weighted by Crippen LogP contribution is 2.25. The minimum atomic E-state index is -0.308. The lowest BCUT2D eigenvalue weighted by Gasteiger charge is -2.12. The summed E-state index contributed by atoms with van der Waals surface area (Å²) in [5.41, 5.74) is 4.14. The van der Waals surface area contributed by atoms with Crippen LogP contribution in [-0.4, -0.2) is 15.7 Å². The Kier molecular flexibility index (Phi) is 6.03. The first-order valence-corrected chi connectivity index (χ1v) is 10.0. The molecule has 0 radical (unpaired) electrons. The molecule has 0 unspecified atom stereocenters. The number of benzene rings is 3. The van der Waals surface area contributed by atoms with Gasteiger partial charge in [-0.25, -0.2) is 9.07 Å². The number of halogens is 1. The summed E-state index contributed by atoms with van der Waals surface area (Å²) in [4.78, 5) is 12.5. The minimum Gasteiger partial charge on any atom is -0.346 e. The van der Waals surface area contributed by atoms with Crippen molar-refractivity contribution >= 4 is 12.0 Å². The van der Waals surface area contributed by atoms with Crippen molar-refractivity contribution in [2.24, 2.45) is 0 Å². The maximum Gasteiger partial charge on any atom is 0.244 e. The molecular weight excluding hydrogens is 389 g/mol. The molecule has 0 aliphatic heterocycles. The van der Waals surface area contributed by atoms with Gasteiger partial charge in [0.2, 0.25) is 5.91 Å². The highest BCUT2D eigenvalue weighted by molar-refractivity contribution is 5.93. The summed E-state index contributed by atoms with van der Waals surface area (Å²) in [5.74, 6) is -0.508. The smallest absolute Gasteiger partial charge is 0.244 e. The lowest BCUT2D eigenvalue weighted by molar-refractivity contribution is -0.117. The van der Waals surface area contributed by atoms with Gasteiger partial charge in [-0.3, -0.25) is 4.79 Å². The van der Waals surface area contributed by atoms with Crippen LogP contribution in [0.4, 0.5) is 4.39 Å². The van der Waals surface area contributed by atoms with E-state index in [9.17, 15) is 9.18 Å². The maximum absolute atomic E-state index is 13.4. The largest absolute Gasteiger partial charge is 0.346 e. The third-order valence-corrected chi connectivity index (χ3v) is 4.95. The number of hydrogen-bond donors (Lipinski definition) is 1. The van der Waals surface area contributed by atoms with Gasteiger partial charge in [-0.1, -0.05) is 48.5 Å². The topological polar surface area (TPSA) is 46.9 Å². The molecule has 4 aromatic rings. The average molecular weight is 411 g/mol. The first kappa shape index (κ1) is 20.3. The van der Waals surface area contributed by atoms with Crippen LogP contribution in [0.2, 0.25) is 0 Å². The quantitative estimate of drug-likeness (QED) is 0.422. The van der Waals surface area contributed by atoms with Crippen molar-refractivity contribution in [3.63, 3.8) is 0 Å². The van der Waals surface area contributed by atoms with E-state index in [0.29, 0.717) is 5.69 Å². The van der Waals surface area contributed by atoms with Crippen LogP contribution in [0.5, 0.6) is 0 Å². The van der Waals surface area contributed by atoms with E-state index in [1.54, 1.807) is 22.9 Å². The van der Waals surface area contributed by atoms with Crippen LogP contribution < -0.4 is 5.32 Å². The predicted octanol–water partition coefficient (Wildman–Crippen LogP) is 5.57. The van der Waals surface area contributed by atoms with Gasteiger partial charge in [0.25, 0.3) is 0 Å². The summed E-state index contributed by atoms with van der Waals surface area (Å²) in [6.45, 7) is 1.94. The fourth-order valence-corrected chi connectivity index (χ4v) is 3.31. The average Bonchev–Trinajstić information content (AvgIpc) is 3.24. The summed E-state index contributed by atoms with van der Waals surface area (Å²) in [6, 6.07) is 25.5. The number of nitrogens with one attached hydrogen (secondary N) is 1. The number of carbonyl (C=O) groups excluding carboxylic acids is 1. The van der Waals surface area contributed by atoms with Gasteiger partial charge in [0, 0.05) is 23.4 Å². The Morgan fingerprint density at radius 3 is 2.29 bits per heavy atom. The molecule has 4 nitrogen and oxygen atoms in total. The van der Waals surface area contributed by atoms with Crippen LogP contribution in [0.1, 0.15) is 24.1 Å². The summed E-state index contributed by atoms with van der Waals surface area (Å²) in [5, 5.41) is 7.65. The molecule has 1 amide bonds. The highest BCUT2D eigenvalue weighted by atomic mass is 19.1. The SMILES string of the molecule is C[C@H](NC(=O)/C=C/c1cn(-c2ccccc2)nc1-c1ccc(F)cc1)c1ccccc1. The fourth-order valence-electron chi connectivity index (χ4n) is 3.31. The van der Waals surface area contributed by atoms with Crippen molar-refractivity contribution in [3.05, 3.63) is 114 Å². The molecule has 0 saturated carbocycles. The zero-order valence-corrected chi connectivity index (χ0v) is 17.1. The van der Waals surface area contributed by atoms with E-state index in [1.807, 2.05) is 73.8 Å². The van der Waals surface area contributed by atoms with E-state index in [0.717, 1.165) is 22.4 Å². The molecule has 31 heavy (non-hydrogen) atoms. The van der Waals surface area contributed by atoms with Crippen LogP contribution in [-0.2, 0) is 4.79 Å². The van der Waals surface area contributed by atoms with Crippen LogP contribution in [0.15, 0.2) is 97.2 Å². The Labute approximate surface area is 180 Å². The summed E-state index contributed by atoms with van der Waals surface area (Å²) < 4.78 is 15.1. The second kappa shape index (κ2) is 9.22. The van der Waals surface area contributed by atoms with E-state index in [2.05, 4.69) is 10.4 Å². The van der Waals surface area contributed by atoms with Gasteiger partial charge in [-0.05, 0) is 55.0 Å². The van der Waals surface area contributed by atoms with Crippen LogP contribution >= 0.6 is 0 Å². The molecule has 1 atom stereocenters. The Bertz CT molecular complexity index is 1180. The number of para-hydroxylation sites is 1. The van der Waals surface area contributed by atoms with Crippen molar-refractivity contribution < 1.29 is 9.18 Å². The van der Waals surface area contributed by atoms with Crippen molar-refractivity contribution in [2.45, 2.75) is 13.0 Å². The number of amides is 1. The molecule has 3 aromatic carbocycles. The van der Waals surface area contributed by atoms with Crippen LogP contribution in [0.25, 0.3) is 23.0 Å². The fraction of sp³-hybridized carbons (Fsp3) is 0.0769. The zero-order valence-electron chi connectivity index (χ0n) is 17.1. The molecule has 0 bridgehead atoms. The number of rotatable bonds is 6. The molecule has 0 fully saturated rings. The third kappa shape index (κ3) is 4.95. The lowest BCUT2D eigenvalue weighted by atomic mass is 10.1. The summed E-state index contributed by atoms with van der Waals surface area (Å²) in [6.07, 6.45) is 5.09. The van der Waals surface area contributed by atoms with E-state index in [4.69, 9.17) is 0 Å². The monoisotopic (exact) mass is 411 g/mol. The van der Waals surface area contributed by atoms with Gasteiger partial charge in [-0.2, -0.15) is 5.10 Å². The predicted molar refractivity (Wildman–Crippen MR) is 121 cm³/mol. The summed E-state index contributed by atoms with van der Waals surface area (Å²) in [7, 11) is 0. The van der Waals surface area contributed by atoms with Gasteiger partial charge in [0.1, 0.15) is 5.82 Å². The Balaban J connectivity index is 1.61. The molecule has 154 valence electrons. The molecular formula is C26H22FN3O. The standard InChI is InChI=1S/C26H22FN3O/c1-19(20-8-4-2-5-9-20)28-25(31)17-14-22-18-30(24-10-6-3-7-11-24)29-26(22)21-12-15-23(27)16-13-21/h2-19H,1H3,(H,28,31)/b17-14+/t19-/m0/s1. The zero-order chi connectivity index (χ0) is 21.6. The molecule has 1 heterocycles. The Morgan fingerprint density at radius 2 is 1.61 bits per heavy atom. The molecule has 1 N–H and O–H groups in total. The number of hydrogen-bond acceptors (Lipinski definition) is 2. The molecule has 0 spiro atoms. The number of aromatic nitrogens is 2. The van der Waals surface area contributed by atoms with Gasteiger partial charge in [-0.15, -0.1) is 0 Å². The minimum absolute atomic E-state index is 0.109. The molecule has 4 rings (SSSR count). The highest BCUT2D eigenvalue weighted by Gasteiger charge is 2.12. The van der Waals surface area contributed by atoms with Gasteiger partial charge in [0.15, 0.2) is 0 Å². The second-order valence-electron chi connectivity index (χ2n) is 7.19. The number of carbonyl (C=O) groups is 1. The molecule has 1 aromatic heterocycles.